The van der Waals surface area contributed by atoms with E-state index < -0.39 is 126 Å². The van der Waals surface area contributed by atoms with Crippen LogP contribution in [0.4, 0.5) is 0 Å². The van der Waals surface area contributed by atoms with Crippen LogP contribution in [0.15, 0.2) is 0 Å². The number of aliphatic carboxylic acids is 1. The maximum atomic E-state index is 13.8. The summed E-state index contributed by atoms with van der Waals surface area (Å²) in [5.41, 5.74) is 0. The molecule has 0 aromatic carbocycles. The number of rotatable bonds is 22. The zero-order valence-electron chi connectivity index (χ0n) is 37.2. The first-order chi connectivity index (χ1) is 28.8. The first-order valence-corrected chi connectivity index (χ1v) is 23.2. The molecule has 0 spiro atoms. The van der Waals surface area contributed by atoms with Gasteiger partial charge in [-0.25, -0.2) is 8.42 Å². The molecule has 63 heavy (non-hydrogen) atoms. The Morgan fingerprint density at radius 2 is 1.54 bits per heavy atom. The summed E-state index contributed by atoms with van der Waals surface area (Å²) in [5, 5.41) is 71.4. The average molecular weight is 941 g/mol. The van der Waals surface area contributed by atoms with Gasteiger partial charge in [0.1, 0.15) is 48.4 Å². The van der Waals surface area contributed by atoms with Crippen molar-refractivity contribution in [3.63, 3.8) is 0 Å². The van der Waals surface area contributed by atoms with Gasteiger partial charge in [-0.15, -0.1) is 0 Å². The predicted octanol–water partition coefficient (Wildman–Crippen LogP) is -7.73. The fraction of sp³-hybridized carbons (Fsp3) is 0.900. The smallest absolute Gasteiger partial charge is 0.748 e. The molecular weight excluding hydrogens is 874 g/mol. The molecule has 0 aromatic heterocycles. The van der Waals surface area contributed by atoms with Crippen molar-refractivity contribution in [3.8, 4) is 0 Å². The topological polar surface area (TPSA) is 320 Å². The third-order valence-corrected chi connectivity index (χ3v) is 13.2. The number of ketones is 1. The number of aliphatic hydroxyl groups excluding tert-OH is 5. The molecular formula is C40H66N2Na2O18S. The number of ether oxygens (including phenoxy) is 5. The van der Waals surface area contributed by atoms with Crippen molar-refractivity contribution >= 4 is 33.7 Å². The van der Waals surface area contributed by atoms with E-state index in [-0.39, 0.29) is 135 Å². The normalized spacial score (nSPS) is 34.4. The van der Waals surface area contributed by atoms with Crippen LogP contribution in [-0.2, 0) is 53.0 Å². The number of aliphatic hydroxyl groups is 5. The number of carboxylic acids is 1. The third kappa shape index (κ3) is 17.9. The molecule has 2 saturated carbocycles. The molecule has 15 atom stereocenters. The standard InChI is InChI=1S/C40H68N2O18S.2Na/c1-4-24-18-25(26(45)13-10-15-41-30(46)14-8-9-16-61(53,54)55)19-27(36(24)60-40-35(50)34(49)32(47)21(2)56-40)58-39-31(42-22(3)44)37(33(48)29(20-43)59-39)57-28(38(51)52)17-23-11-6-5-7-12-23;;/h21,23-25,27-29,31-37,39-40,43,47-50H,4-20H2,1-3H3,(H,41,46)(H,42,44)(H,51,52)(H,53,54,55);;/q;2*+1/p-2/t21?,24?,25?,27-,28+,29?,31?,32-,33+,34?,35+,36-,37?,39-,40+;;/m1../s1. The van der Waals surface area contributed by atoms with Crippen LogP contribution in [-0.4, -0.2) is 161 Å². The molecule has 2 aliphatic carbocycles. The Kier molecular flexibility index (Phi) is 26.3. The molecule has 2 aliphatic heterocycles. The molecule has 7 N–H and O–H groups in total. The van der Waals surface area contributed by atoms with Crippen molar-refractivity contribution in [2.24, 2.45) is 17.8 Å². The van der Waals surface area contributed by atoms with E-state index in [2.05, 4.69) is 10.6 Å². The summed E-state index contributed by atoms with van der Waals surface area (Å²) in [6, 6.07) is -1.36. The van der Waals surface area contributed by atoms with Crippen molar-refractivity contribution in [1.82, 2.24) is 10.6 Å². The van der Waals surface area contributed by atoms with Gasteiger partial charge in [-0.3, -0.25) is 14.4 Å². The molecule has 2 amide bonds. The van der Waals surface area contributed by atoms with Crippen LogP contribution in [0.1, 0.15) is 111 Å². The molecule has 20 nitrogen and oxygen atoms in total. The Labute approximate surface area is 413 Å². The number of unbranched alkanes of at least 4 members (excludes halogenated alkanes) is 1. The Bertz CT molecular complexity index is 1540. The first-order valence-electron chi connectivity index (χ1n) is 21.6. The van der Waals surface area contributed by atoms with Crippen LogP contribution in [0.5, 0.6) is 0 Å². The molecule has 0 radical (unpaired) electrons. The molecule has 4 aliphatic rings. The summed E-state index contributed by atoms with van der Waals surface area (Å²) in [6.45, 7) is 3.92. The Hall–Kier alpha value is -0.410. The van der Waals surface area contributed by atoms with E-state index in [4.69, 9.17) is 23.7 Å². The molecule has 352 valence electrons. The summed E-state index contributed by atoms with van der Waals surface area (Å²) in [7, 11) is -4.37. The van der Waals surface area contributed by atoms with Crippen molar-refractivity contribution in [2.45, 2.75) is 190 Å². The van der Waals surface area contributed by atoms with Crippen molar-refractivity contribution in [2.75, 3.05) is 18.9 Å². The van der Waals surface area contributed by atoms with Crippen molar-refractivity contribution < 1.29 is 146 Å². The summed E-state index contributed by atoms with van der Waals surface area (Å²) < 4.78 is 63.3. The van der Waals surface area contributed by atoms with E-state index in [1.807, 2.05) is 6.92 Å². The molecule has 2 saturated heterocycles. The van der Waals surface area contributed by atoms with Gasteiger partial charge in [-0.1, -0.05) is 45.4 Å². The van der Waals surface area contributed by atoms with Gasteiger partial charge in [-0.2, -0.15) is 0 Å². The van der Waals surface area contributed by atoms with E-state index in [1.54, 1.807) is 0 Å². The summed E-state index contributed by atoms with van der Waals surface area (Å²) in [4.78, 5) is 51.2. The molecule has 0 bridgehead atoms. The van der Waals surface area contributed by atoms with E-state index in [0.717, 1.165) is 32.1 Å². The van der Waals surface area contributed by atoms with Crippen molar-refractivity contribution in [1.29, 1.82) is 0 Å². The quantitative estimate of drug-likeness (QED) is 0.0301. The Balaban J connectivity index is 0.00000683. The minimum absolute atomic E-state index is 0. The second-order valence-electron chi connectivity index (χ2n) is 17.0. The van der Waals surface area contributed by atoms with Crippen LogP contribution >= 0.6 is 0 Å². The first kappa shape index (κ1) is 58.7. The monoisotopic (exact) mass is 940 g/mol. The zero-order valence-corrected chi connectivity index (χ0v) is 42.0. The van der Waals surface area contributed by atoms with E-state index >= 15 is 0 Å². The number of nitrogens with one attached hydrogen (secondary N) is 2. The molecule has 4 rings (SSSR count). The second kappa shape index (κ2) is 28.2. The van der Waals surface area contributed by atoms with Gasteiger partial charge < -0.3 is 74.3 Å². The molecule has 4 fully saturated rings. The zero-order chi connectivity index (χ0) is 45.0. The van der Waals surface area contributed by atoms with Gasteiger partial charge in [0.05, 0.1) is 47.1 Å². The van der Waals surface area contributed by atoms with Gasteiger partial charge in [0.15, 0.2) is 12.6 Å². The number of hydrogen-bond donors (Lipinski definition) is 7. The number of carboxylic acid groups (broad SMARTS) is 1. The van der Waals surface area contributed by atoms with Crippen LogP contribution in [0.2, 0.25) is 0 Å². The minimum atomic E-state index is -4.37. The van der Waals surface area contributed by atoms with Crippen molar-refractivity contribution in [3.05, 3.63) is 0 Å². The maximum absolute atomic E-state index is 13.8. The largest absolute Gasteiger partial charge is 1.00 e. The minimum Gasteiger partial charge on any atom is -0.748 e. The SMILES string of the molecule is CCC1CC(C(=O)CCCNC(=O)CCCCS(=O)(=O)[O-])C[C@@H](O[C@@H]2OC(CO)[C@H](O)C(O[C@@H](CC3CCCCC3)C(=O)[O-])C2NC(C)=O)[C@@H]1O[C@@H]1OC(C)[C@@H](O)C(O)[C@@H]1O.[Na+].[Na+]. The number of amides is 2. The molecule has 23 heteroatoms. The van der Waals surface area contributed by atoms with E-state index in [0.29, 0.717) is 6.42 Å². The van der Waals surface area contributed by atoms with Gasteiger partial charge in [-0.05, 0) is 57.3 Å². The van der Waals surface area contributed by atoms with Gasteiger partial charge >= 0.3 is 59.1 Å². The number of Topliss-reactive ketones (excluding diaryl/α,β-unsaturated/α-hetero) is 1. The molecule has 7 unspecified atom stereocenters. The fourth-order valence-corrected chi connectivity index (χ4v) is 9.52. The third-order valence-electron chi connectivity index (χ3n) is 12.4. The number of hydrogen-bond acceptors (Lipinski definition) is 18. The van der Waals surface area contributed by atoms with Gasteiger partial charge in [0.25, 0.3) is 0 Å². The second-order valence-corrected chi connectivity index (χ2v) is 18.5. The van der Waals surface area contributed by atoms with Gasteiger partial charge in [0, 0.05) is 38.0 Å². The number of carbonyl (C=O) groups excluding carboxylic acids is 4. The molecule has 2 heterocycles. The maximum Gasteiger partial charge on any atom is 1.00 e. The Morgan fingerprint density at radius 3 is 2.14 bits per heavy atom. The van der Waals surface area contributed by atoms with Crippen LogP contribution < -0.4 is 74.9 Å². The summed E-state index contributed by atoms with van der Waals surface area (Å²) in [6.07, 6.45) is -10.9. The number of carbonyl (C=O) groups is 4. The van der Waals surface area contributed by atoms with E-state index in [1.165, 1.54) is 13.8 Å². The average Bonchev–Trinajstić information content (AvgIpc) is 3.21. The van der Waals surface area contributed by atoms with E-state index in [9.17, 15) is 62.8 Å². The van der Waals surface area contributed by atoms with Crippen LogP contribution in [0, 0.1) is 17.8 Å². The Morgan fingerprint density at radius 1 is 0.857 bits per heavy atom. The fourth-order valence-electron chi connectivity index (χ4n) is 8.96. The predicted molar refractivity (Wildman–Crippen MR) is 208 cm³/mol. The van der Waals surface area contributed by atoms with Gasteiger partial charge in [0.2, 0.25) is 11.8 Å². The van der Waals surface area contributed by atoms with Crippen LogP contribution in [0.25, 0.3) is 0 Å². The summed E-state index contributed by atoms with van der Waals surface area (Å²) >= 11 is 0. The molecule has 0 aromatic rings. The van der Waals surface area contributed by atoms with Crippen LogP contribution in [0.3, 0.4) is 0 Å². The summed E-state index contributed by atoms with van der Waals surface area (Å²) in [5.74, 6) is -4.29.